The molecule has 1 aliphatic rings. The Balaban J connectivity index is 1.99. The van der Waals surface area contributed by atoms with Gasteiger partial charge in [-0.05, 0) is 36.5 Å². The van der Waals surface area contributed by atoms with Gasteiger partial charge in [0.15, 0.2) is 0 Å². The zero-order valence-corrected chi connectivity index (χ0v) is 11.0. The molecule has 0 unspecified atom stereocenters. The first kappa shape index (κ1) is 14.1. The molecule has 1 aromatic carbocycles. The van der Waals surface area contributed by atoms with Crippen molar-refractivity contribution in [3.8, 4) is 6.07 Å². The van der Waals surface area contributed by atoms with Gasteiger partial charge in [-0.2, -0.15) is 5.26 Å². The van der Waals surface area contributed by atoms with Gasteiger partial charge in [0.05, 0.1) is 18.9 Å². The second kappa shape index (κ2) is 6.20. The minimum absolute atomic E-state index is 0.0388. The lowest BCUT2D eigenvalue weighted by molar-refractivity contribution is -0.137. The Hall–Kier alpha value is -2.35. The Morgan fingerprint density at radius 1 is 1.35 bits per heavy atom. The normalized spacial score (nSPS) is 15.2. The van der Waals surface area contributed by atoms with Gasteiger partial charge in [0.25, 0.3) is 5.91 Å². The molecule has 104 valence electrons. The Bertz CT molecular complexity index is 541. The van der Waals surface area contributed by atoms with Crippen LogP contribution in [0.4, 0.5) is 0 Å². The number of hydrogen-bond donors (Lipinski definition) is 2. The smallest absolute Gasteiger partial charge is 0.305 e. The molecule has 0 bridgehead atoms. The summed E-state index contributed by atoms with van der Waals surface area (Å²) >= 11 is 0. The number of carboxylic acid groups (broad SMARTS) is 1. The number of carbonyl (C=O) groups excluding carboxylic acids is 1. The summed E-state index contributed by atoms with van der Waals surface area (Å²) in [5.74, 6) is -0.869. The first-order valence-electron chi connectivity index (χ1n) is 6.58. The van der Waals surface area contributed by atoms with Crippen LogP contribution in [0.15, 0.2) is 24.3 Å². The summed E-state index contributed by atoms with van der Waals surface area (Å²) in [5, 5.41) is 20.2. The Labute approximate surface area is 117 Å². The van der Waals surface area contributed by atoms with Crippen molar-refractivity contribution in [1.29, 1.82) is 5.26 Å². The second-order valence-electron chi connectivity index (χ2n) is 5.05. The van der Waals surface area contributed by atoms with Gasteiger partial charge in [0, 0.05) is 11.6 Å². The van der Waals surface area contributed by atoms with Crippen LogP contribution in [0.25, 0.3) is 0 Å². The maximum atomic E-state index is 12.1. The van der Waals surface area contributed by atoms with E-state index in [1.54, 1.807) is 24.3 Å². The molecule has 2 N–H and O–H groups in total. The third-order valence-corrected chi connectivity index (χ3v) is 3.40. The molecule has 1 fully saturated rings. The van der Waals surface area contributed by atoms with E-state index in [9.17, 15) is 9.59 Å². The van der Waals surface area contributed by atoms with Gasteiger partial charge in [-0.3, -0.25) is 9.59 Å². The predicted molar refractivity (Wildman–Crippen MR) is 72.0 cm³/mol. The minimum Gasteiger partial charge on any atom is -0.481 e. The molecule has 0 radical (unpaired) electrons. The third-order valence-electron chi connectivity index (χ3n) is 3.40. The summed E-state index contributed by atoms with van der Waals surface area (Å²) in [4.78, 5) is 22.9. The van der Waals surface area contributed by atoms with Crippen LogP contribution in [-0.2, 0) is 11.2 Å². The van der Waals surface area contributed by atoms with Gasteiger partial charge in [0.2, 0.25) is 0 Å². The Kier molecular flexibility index (Phi) is 4.36. The van der Waals surface area contributed by atoms with Crippen molar-refractivity contribution < 1.29 is 14.7 Å². The lowest BCUT2D eigenvalue weighted by Crippen LogP contribution is -2.38. The highest BCUT2D eigenvalue weighted by molar-refractivity contribution is 5.94. The van der Waals surface area contributed by atoms with Crippen LogP contribution < -0.4 is 5.32 Å². The highest BCUT2D eigenvalue weighted by atomic mass is 16.4. The van der Waals surface area contributed by atoms with Crippen LogP contribution in [-0.4, -0.2) is 23.0 Å². The highest BCUT2D eigenvalue weighted by Gasteiger charge is 2.33. The third kappa shape index (κ3) is 3.82. The zero-order valence-electron chi connectivity index (χ0n) is 11.0. The fourth-order valence-electron chi connectivity index (χ4n) is 2.14. The number of nitrogens with one attached hydrogen (secondary N) is 1. The van der Waals surface area contributed by atoms with Crippen LogP contribution in [0.5, 0.6) is 0 Å². The van der Waals surface area contributed by atoms with Crippen molar-refractivity contribution in [3.63, 3.8) is 0 Å². The number of hydrogen-bond acceptors (Lipinski definition) is 3. The average Bonchev–Trinajstić information content (AvgIpc) is 3.23. The fraction of sp³-hybridized carbons (Fsp3) is 0.400. The Morgan fingerprint density at radius 3 is 2.50 bits per heavy atom. The maximum absolute atomic E-state index is 12.1. The lowest BCUT2D eigenvalue weighted by atomic mass is 10.1. The standard InChI is InChI=1S/C15H16N2O3/c16-8-7-10-1-3-12(4-2-10)15(20)17-13(9-14(18)19)11-5-6-11/h1-4,11,13H,5-7,9H2,(H,17,20)(H,18,19)/t13-/m0/s1. The number of carbonyl (C=O) groups is 2. The largest absolute Gasteiger partial charge is 0.481 e. The van der Waals surface area contributed by atoms with Crippen molar-refractivity contribution in [2.45, 2.75) is 31.7 Å². The van der Waals surface area contributed by atoms with Crippen molar-refractivity contribution in [2.75, 3.05) is 0 Å². The molecular formula is C15H16N2O3. The topological polar surface area (TPSA) is 90.2 Å². The van der Waals surface area contributed by atoms with Crippen molar-refractivity contribution in [1.82, 2.24) is 5.32 Å². The molecule has 0 saturated heterocycles. The quantitative estimate of drug-likeness (QED) is 0.825. The first-order chi connectivity index (χ1) is 9.60. The van der Waals surface area contributed by atoms with Crippen LogP contribution in [0, 0.1) is 17.2 Å². The minimum atomic E-state index is -0.897. The van der Waals surface area contributed by atoms with Gasteiger partial charge < -0.3 is 10.4 Å². The number of rotatable bonds is 6. The van der Waals surface area contributed by atoms with E-state index >= 15 is 0 Å². The highest BCUT2D eigenvalue weighted by Crippen LogP contribution is 2.34. The molecule has 0 heterocycles. The number of nitrogens with zero attached hydrogens (tertiary/aromatic N) is 1. The number of amides is 1. The van der Waals surface area contributed by atoms with E-state index in [0.717, 1.165) is 18.4 Å². The van der Waals surface area contributed by atoms with E-state index in [2.05, 4.69) is 5.32 Å². The summed E-state index contributed by atoms with van der Waals surface area (Å²) in [5.41, 5.74) is 1.34. The fourth-order valence-corrected chi connectivity index (χ4v) is 2.14. The van der Waals surface area contributed by atoms with Crippen LogP contribution in [0.3, 0.4) is 0 Å². The summed E-state index contributed by atoms with van der Waals surface area (Å²) in [6.07, 6.45) is 2.22. The molecule has 0 spiro atoms. The molecular weight excluding hydrogens is 256 g/mol. The molecule has 1 aromatic rings. The maximum Gasteiger partial charge on any atom is 0.305 e. The van der Waals surface area contributed by atoms with Crippen molar-refractivity contribution >= 4 is 11.9 Å². The molecule has 1 aliphatic carbocycles. The van der Waals surface area contributed by atoms with Crippen LogP contribution >= 0.6 is 0 Å². The van der Waals surface area contributed by atoms with Crippen LogP contribution in [0.2, 0.25) is 0 Å². The zero-order chi connectivity index (χ0) is 14.5. The van der Waals surface area contributed by atoms with Gasteiger partial charge >= 0.3 is 5.97 Å². The SMILES string of the molecule is N#CCc1ccc(C(=O)N[C@@H](CC(=O)O)C2CC2)cc1. The van der Waals surface area contributed by atoms with Gasteiger partial charge in [-0.1, -0.05) is 12.1 Å². The van der Waals surface area contributed by atoms with Crippen molar-refractivity contribution in [3.05, 3.63) is 35.4 Å². The predicted octanol–water partition coefficient (Wildman–Crippen LogP) is 1.74. The first-order valence-corrected chi connectivity index (χ1v) is 6.58. The monoisotopic (exact) mass is 272 g/mol. The number of benzene rings is 1. The molecule has 5 heteroatoms. The Morgan fingerprint density at radius 2 is 2.00 bits per heavy atom. The summed E-state index contributed by atoms with van der Waals surface area (Å²) in [6, 6.07) is 8.55. The molecule has 0 aliphatic heterocycles. The van der Waals surface area contributed by atoms with E-state index in [1.807, 2.05) is 6.07 Å². The molecule has 20 heavy (non-hydrogen) atoms. The molecule has 1 saturated carbocycles. The number of aliphatic carboxylic acids is 1. The molecule has 2 rings (SSSR count). The lowest BCUT2D eigenvalue weighted by Gasteiger charge is -2.16. The van der Waals surface area contributed by atoms with Gasteiger partial charge in [-0.15, -0.1) is 0 Å². The molecule has 1 atom stereocenters. The molecule has 0 aromatic heterocycles. The van der Waals surface area contributed by atoms with Crippen molar-refractivity contribution in [2.24, 2.45) is 5.92 Å². The number of nitriles is 1. The molecule has 5 nitrogen and oxygen atoms in total. The summed E-state index contributed by atoms with van der Waals surface area (Å²) in [6.45, 7) is 0. The number of carboxylic acids is 1. The molecule has 1 amide bonds. The summed E-state index contributed by atoms with van der Waals surface area (Å²) < 4.78 is 0. The van der Waals surface area contributed by atoms with E-state index in [1.165, 1.54) is 0 Å². The van der Waals surface area contributed by atoms with Gasteiger partial charge in [-0.25, -0.2) is 0 Å². The second-order valence-corrected chi connectivity index (χ2v) is 5.05. The van der Waals surface area contributed by atoms with E-state index in [0.29, 0.717) is 12.0 Å². The van der Waals surface area contributed by atoms with E-state index in [4.69, 9.17) is 10.4 Å². The van der Waals surface area contributed by atoms with Gasteiger partial charge in [0.1, 0.15) is 0 Å². The average molecular weight is 272 g/mol. The van der Waals surface area contributed by atoms with Crippen LogP contribution in [0.1, 0.15) is 35.2 Å². The van der Waals surface area contributed by atoms with E-state index < -0.39 is 5.97 Å². The summed E-state index contributed by atoms with van der Waals surface area (Å²) in [7, 11) is 0. The van der Waals surface area contributed by atoms with E-state index in [-0.39, 0.29) is 24.3 Å².